The highest BCUT2D eigenvalue weighted by atomic mass is 16.2. The number of hydrogen-bond donors (Lipinski definition) is 2. The van der Waals surface area contributed by atoms with Crippen molar-refractivity contribution in [3.8, 4) is 0 Å². The van der Waals surface area contributed by atoms with Gasteiger partial charge in [0, 0.05) is 24.1 Å². The molecule has 1 aliphatic rings. The van der Waals surface area contributed by atoms with Gasteiger partial charge >= 0.3 is 0 Å². The summed E-state index contributed by atoms with van der Waals surface area (Å²) in [4.78, 5) is 28.4. The number of aryl methyl sites for hydroxylation is 2. The molecule has 23 heavy (non-hydrogen) atoms. The number of carbonyl (C=O) groups is 2. The highest BCUT2D eigenvalue weighted by Crippen LogP contribution is 2.19. The van der Waals surface area contributed by atoms with Gasteiger partial charge in [0.15, 0.2) is 0 Å². The summed E-state index contributed by atoms with van der Waals surface area (Å²) in [5.41, 5.74) is 3.78. The number of benzene rings is 1. The maximum atomic E-state index is 12.3. The molecule has 0 bridgehead atoms. The maximum absolute atomic E-state index is 12.3. The van der Waals surface area contributed by atoms with Crippen molar-refractivity contribution >= 4 is 17.5 Å². The molecule has 118 valence electrons. The zero-order valence-electron chi connectivity index (χ0n) is 13.2. The fraction of sp³-hybridized carbons (Fsp3) is 0.278. The van der Waals surface area contributed by atoms with Crippen LogP contribution in [0.2, 0.25) is 0 Å². The summed E-state index contributed by atoms with van der Waals surface area (Å²) in [6.07, 6.45) is 4.98. The molecule has 0 saturated heterocycles. The molecule has 1 fully saturated rings. The van der Waals surface area contributed by atoms with Crippen molar-refractivity contribution in [2.45, 2.75) is 32.7 Å². The van der Waals surface area contributed by atoms with E-state index < -0.39 is 0 Å². The van der Waals surface area contributed by atoms with Gasteiger partial charge in [-0.25, -0.2) is 0 Å². The number of amides is 2. The Kier molecular flexibility index (Phi) is 4.10. The predicted octanol–water partition coefficient (Wildman–Crippen LogP) is 2.84. The third kappa shape index (κ3) is 3.74. The van der Waals surface area contributed by atoms with Crippen molar-refractivity contribution < 1.29 is 9.59 Å². The first kappa shape index (κ1) is 15.2. The third-order valence-electron chi connectivity index (χ3n) is 3.94. The van der Waals surface area contributed by atoms with Crippen molar-refractivity contribution in [1.29, 1.82) is 0 Å². The minimum Gasteiger partial charge on any atom is -0.349 e. The van der Waals surface area contributed by atoms with Gasteiger partial charge in [-0.1, -0.05) is 6.07 Å². The summed E-state index contributed by atoms with van der Waals surface area (Å²) in [5, 5.41) is 5.72. The van der Waals surface area contributed by atoms with E-state index in [0.717, 1.165) is 24.1 Å². The minimum absolute atomic E-state index is 0.180. The highest BCUT2D eigenvalue weighted by molar-refractivity contribution is 6.05. The van der Waals surface area contributed by atoms with Crippen molar-refractivity contribution in [2.75, 3.05) is 5.32 Å². The van der Waals surface area contributed by atoms with E-state index in [2.05, 4.69) is 15.6 Å². The minimum atomic E-state index is -0.276. The zero-order valence-corrected chi connectivity index (χ0v) is 13.2. The lowest BCUT2D eigenvalue weighted by atomic mass is 10.1. The largest absolute Gasteiger partial charge is 0.349 e. The van der Waals surface area contributed by atoms with Crippen LogP contribution in [0.3, 0.4) is 0 Å². The molecular formula is C18H19N3O2. The lowest BCUT2D eigenvalue weighted by Crippen LogP contribution is -2.26. The number of rotatable bonds is 4. The van der Waals surface area contributed by atoms with Crippen LogP contribution >= 0.6 is 0 Å². The molecule has 0 unspecified atom stereocenters. The molecule has 0 atom stereocenters. The molecule has 0 spiro atoms. The van der Waals surface area contributed by atoms with E-state index in [-0.39, 0.29) is 17.9 Å². The summed E-state index contributed by atoms with van der Waals surface area (Å²) < 4.78 is 0. The second-order valence-corrected chi connectivity index (χ2v) is 5.96. The first-order chi connectivity index (χ1) is 11.0. The standard InChI is InChI=1S/C18H19N3O2/c1-11-3-4-16(7-12(11)2)21-18(23)14-8-13(9-19-10-14)17(22)20-15-5-6-15/h3-4,7-10,15H,5-6H2,1-2H3,(H,20,22)(H,21,23). The molecule has 1 heterocycles. The molecule has 5 nitrogen and oxygen atoms in total. The zero-order chi connectivity index (χ0) is 16.4. The summed E-state index contributed by atoms with van der Waals surface area (Å²) in [6, 6.07) is 7.58. The predicted molar refractivity (Wildman–Crippen MR) is 88.6 cm³/mol. The quantitative estimate of drug-likeness (QED) is 0.912. The number of aromatic nitrogens is 1. The van der Waals surface area contributed by atoms with Crippen LogP contribution in [-0.2, 0) is 0 Å². The molecule has 0 radical (unpaired) electrons. The fourth-order valence-electron chi connectivity index (χ4n) is 2.21. The second kappa shape index (κ2) is 6.20. The Balaban J connectivity index is 1.73. The van der Waals surface area contributed by atoms with Gasteiger partial charge in [0.1, 0.15) is 0 Å². The van der Waals surface area contributed by atoms with Crippen molar-refractivity contribution in [3.05, 3.63) is 58.9 Å². The molecule has 2 N–H and O–H groups in total. The Morgan fingerprint density at radius 2 is 1.70 bits per heavy atom. The van der Waals surface area contributed by atoms with Crippen molar-refractivity contribution in [3.63, 3.8) is 0 Å². The van der Waals surface area contributed by atoms with Gasteiger partial charge in [-0.3, -0.25) is 14.6 Å². The molecule has 3 rings (SSSR count). The van der Waals surface area contributed by atoms with Crippen LogP contribution in [-0.4, -0.2) is 22.8 Å². The molecule has 1 aromatic carbocycles. The molecule has 1 aromatic heterocycles. The van der Waals surface area contributed by atoms with Gasteiger partial charge in [-0.15, -0.1) is 0 Å². The number of carbonyl (C=O) groups excluding carboxylic acids is 2. The smallest absolute Gasteiger partial charge is 0.257 e. The van der Waals surface area contributed by atoms with Gasteiger partial charge in [0.2, 0.25) is 0 Å². The summed E-state index contributed by atoms with van der Waals surface area (Å²) >= 11 is 0. The summed E-state index contributed by atoms with van der Waals surface area (Å²) in [5.74, 6) is -0.456. The molecular weight excluding hydrogens is 290 g/mol. The Bertz CT molecular complexity index is 767. The van der Waals surface area contributed by atoms with E-state index >= 15 is 0 Å². The maximum Gasteiger partial charge on any atom is 0.257 e. The Labute approximate surface area is 135 Å². The second-order valence-electron chi connectivity index (χ2n) is 5.96. The lowest BCUT2D eigenvalue weighted by molar-refractivity contribution is 0.0950. The number of anilines is 1. The SMILES string of the molecule is Cc1ccc(NC(=O)c2cncc(C(=O)NC3CC3)c2)cc1C. The number of pyridine rings is 1. The van der Waals surface area contributed by atoms with Crippen LogP contribution in [0.25, 0.3) is 0 Å². The van der Waals surface area contributed by atoms with Gasteiger partial charge in [0.25, 0.3) is 11.8 Å². The number of nitrogens with zero attached hydrogens (tertiary/aromatic N) is 1. The molecule has 0 aliphatic heterocycles. The Morgan fingerprint density at radius 1 is 1.00 bits per heavy atom. The monoisotopic (exact) mass is 309 g/mol. The first-order valence-electron chi connectivity index (χ1n) is 7.67. The van der Waals surface area contributed by atoms with E-state index in [1.54, 1.807) is 6.07 Å². The highest BCUT2D eigenvalue weighted by Gasteiger charge is 2.24. The van der Waals surface area contributed by atoms with Gasteiger partial charge in [-0.05, 0) is 56.0 Å². The van der Waals surface area contributed by atoms with Crippen molar-refractivity contribution in [1.82, 2.24) is 10.3 Å². The number of nitrogens with one attached hydrogen (secondary N) is 2. The summed E-state index contributed by atoms with van der Waals surface area (Å²) in [6.45, 7) is 4.02. The van der Waals surface area contributed by atoms with Gasteiger partial charge in [-0.2, -0.15) is 0 Å². The van der Waals surface area contributed by atoms with Crippen LogP contribution in [0.1, 0.15) is 44.7 Å². The summed E-state index contributed by atoms with van der Waals surface area (Å²) in [7, 11) is 0. The molecule has 2 amide bonds. The topological polar surface area (TPSA) is 71.1 Å². The molecule has 5 heteroatoms. The van der Waals surface area contributed by atoms with E-state index in [1.807, 2.05) is 32.0 Å². The lowest BCUT2D eigenvalue weighted by Gasteiger charge is -2.08. The van der Waals surface area contributed by atoms with Crippen LogP contribution in [0.4, 0.5) is 5.69 Å². The Morgan fingerprint density at radius 3 is 2.35 bits per heavy atom. The Hall–Kier alpha value is -2.69. The van der Waals surface area contributed by atoms with E-state index in [9.17, 15) is 9.59 Å². The average molecular weight is 309 g/mol. The van der Waals surface area contributed by atoms with Crippen LogP contribution < -0.4 is 10.6 Å². The third-order valence-corrected chi connectivity index (χ3v) is 3.94. The fourth-order valence-corrected chi connectivity index (χ4v) is 2.21. The van der Waals surface area contributed by atoms with Crippen LogP contribution in [0.5, 0.6) is 0 Å². The molecule has 2 aromatic rings. The van der Waals surface area contributed by atoms with Crippen molar-refractivity contribution in [2.24, 2.45) is 0 Å². The van der Waals surface area contributed by atoms with E-state index in [1.165, 1.54) is 18.0 Å². The molecule has 1 saturated carbocycles. The van der Waals surface area contributed by atoms with Crippen LogP contribution in [0.15, 0.2) is 36.7 Å². The molecule has 1 aliphatic carbocycles. The van der Waals surface area contributed by atoms with Gasteiger partial charge in [0.05, 0.1) is 11.1 Å². The normalized spacial score (nSPS) is 13.5. The number of hydrogen-bond acceptors (Lipinski definition) is 3. The first-order valence-corrected chi connectivity index (χ1v) is 7.67. The van der Waals surface area contributed by atoms with E-state index in [4.69, 9.17) is 0 Å². The van der Waals surface area contributed by atoms with E-state index in [0.29, 0.717) is 11.1 Å². The van der Waals surface area contributed by atoms with Crippen LogP contribution in [0, 0.1) is 13.8 Å². The van der Waals surface area contributed by atoms with Gasteiger partial charge < -0.3 is 10.6 Å². The average Bonchev–Trinajstić information content (AvgIpc) is 3.35.